The van der Waals surface area contributed by atoms with Crippen molar-refractivity contribution in [1.82, 2.24) is 15.6 Å². The SMILES string of the molecule is C/C(=N/NC(=O)CSc1n[nH]c(-c2ccc(Cl)cc2)[n+]1-c1ccc(C)cc1)c1ccccc1O. The van der Waals surface area contributed by atoms with Crippen LogP contribution in [0.2, 0.25) is 5.02 Å². The van der Waals surface area contributed by atoms with E-state index in [0.717, 1.165) is 22.6 Å². The van der Waals surface area contributed by atoms with Gasteiger partial charge in [-0.25, -0.2) is 5.43 Å². The maximum Gasteiger partial charge on any atom is 0.342 e. The van der Waals surface area contributed by atoms with Crippen LogP contribution in [0.1, 0.15) is 18.1 Å². The van der Waals surface area contributed by atoms with E-state index in [2.05, 4.69) is 20.7 Å². The van der Waals surface area contributed by atoms with Gasteiger partial charge in [-0.05, 0) is 74.1 Å². The molecule has 0 saturated heterocycles. The molecule has 0 aliphatic heterocycles. The highest BCUT2D eigenvalue weighted by Gasteiger charge is 2.24. The zero-order valence-electron chi connectivity index (χ0n) is 18.6. The van der Waals surface area contributed by atoms with Crippen molar-refractivity contribution in [1.29, 1.82) is 0 Å². The van der Waals surface area contributed by atoms with Gasteiger partial charge in [-0.2, -0.15) is 9.67 Å². The predicted molar refractivity (Wildman–Crippen MR) is 134 cm³/mol. The predicted octanol–water partition coefficient (Wildman–Crippen LogP) is 4.65. The second-order valence-electron chi connectivity index (χ2n) is 7.57. The second-order valence-corrected chi connectivity index (χ2v) is 8.95. The van der Waals surface area contributed by atoms with Crippen molar-refractivity contribution >= 4 is 35.0 Å². The number of thioether (sulfide) groups is 1. The summed E-state index contributed by atoms with van der Waals surface area (Å²) in [7, 11) is 0. The summed E-state index contributed by atoms with van der Waals surface area (Å²) in [6.45, 7) is 3.75. The van der Waals surface area contributed by atoms with E-state index in [-0.39, 0.29) is 17.4 Å². The summed E-state index contributed by atoms with van der Waals surface area (Å²) < 4.78 is 1.97. The van der Waals surface area contributed by atoms with Crippen molar-refractivity contribution in [3.63, 3.8) is 0 Å². The summed E-state index contributed by atoms with van der Waals surface area (Å²) in [6.07, 6.45) is 0. The van der Waals surface area contributed by atoms with Gasteiger partial charge in [0.15, 0.2) is 0 Å². The van der Waals surface area contributed by atoms with Crippen molar-refractivity contribution in [2.45, 2.75) is 19.0 Å². The second kappa shape index (κ2) is 10.5. The Bertz CT molecular complexity index is 1330. The molecule has 9 heteroatoms. The van der Waals surface area contributed by atoms with Crippen LogP contribution in [0.25, 0.3) is 17.1 Å². The lowest BCUT2D eigenvalue weighted by molar-refractivity contribution is -0.625. The molecule has 4 aromatic rings. The Labute approximate surface area is 206 Å². The number of carbonyl (C=O) groups excluding carboxylic acids is 1. The first-order valence-corrected chi connectivity index (χ1v) is 11.9. The molecule has 3 aromatic carbocycles. The number of nitrogens with one attached hydrogen (secondary N) is 2. The fourth-order valence-electron chi connectivity index (χ4n) is 3.28. The van der Waals surface area contributed by atoms with Gasteiger partial charge in [0, 0.05) is 10.6 Å². The molecule has 0 bridgehead atoms. The van der Waals surface area contributed by atoms with E-state index in [1.807, 2.05) is 60.0 Å². The molecule has 1 aromatic heterocycles. The molecule has 0 unspecified atom stereocenters. The number of aryl methyl sites for hydroxylation is 1. The summed E-state index contributed by atoms with van der Waals surface area (Å²) in [4.78, 5) is 12.5. The molecular formula is C25H23ClN5O2S+. The normalized spacial score (nSPS) is 11.4. The molecule has 3 N–H and O–H groups in total. The van der Waals surface area contributed by atoms with Gasteiger partial charge < -0.3 is 5.11 Å². The van der Waals surface area contributed by atoms with Gasteiger partial charge in [0.2, 0.25) is 0 Å². The number of H-pyrrole nitrogens is 1. The van der Waals surface area contributed by atoms with Crippen LogP contribution in [0.3, 0.4) is 0 Å². The molecule has 1 amide bonds. The largest absolute Gasteiger partial charge is 0.507 e. The first kappa shape index (κ1) is 23.5. The lowest BCUT2D eigenvalue weighted by Crippen LogP contribution is -2.34. The van der Waals surface area contributed by atoms with Crippen molar-refractivity contribution in [2.75, 3.05) is 5.75 Å². The van der Waals surface area contributed by atoms with E-state index in [1.165, 1.54) is 11.8 Å². The van der Waals surface area contributed by atoms with Crippen LogP contribution in [0.15, 0.2) is 83.1 Å². The van der Waals surface area contributed by atoms with Crippen LogP contribution in [0, 0.1) is 6.92 Å². The van der Waals surface area contributed by atoms with E-state index in [9.17, 15) is 9.90 Å². The molecule has 0 aliphatic carbocycles. The Morgan fingerprint density at radius 3 is 2.53 bits per heavy atom. The number of hydrogen-bond acceptors (Lipinski definition) is 5. The van der Waals surface area contributed by atoms with Gasteiger partial charge in [-0.1, -0.05) is 41.4 Å². The first-order chi connectivity index (χ1) is 16.4. The zero-order chi connectivity index (χ0) is 24.1. The highest BCUT2D eigenvalue weighted by molar-refractivity contribution is 7.99. The summed E-state index contributed by atoms with van der Waals surface area (Å²) in [5.74, 6) is 0.704. The number of phenolic OH excluding ortho intramolecular Hbond substituents is 1. The topological polar surface area (TPSA) is 94.2 Å². The number of nitrogens with zero attached hydrogens (tertiary/aromatic N) is 3. The minimum atomic E-state index is -0.286. The van der Waals surface area contributed by atoms with Crippen molar-refractivity contribution in [3.05, 3.63) is 88.9 Å². The van der Waals surface area contributed by atoms with E-state index in [0.29, 0.717) is 21.5 Å². The fraction of sp³-hybridized carbons (Fsp3) is 0.120. The lowest BCUT2D eigenvalue weighted by Gasteiger charge is -2.06. The van der Waals surface area contributed by atoms with Crippen LogP contribution in [-0.2, 0) is 4.79 Å². The third-order valence-corrected chi connectivity index (χ3v) is 6.25. The van der Waals surface area contributed by atoms with E-state index in [1.54, 1.807) is 31.2 Å². The molecule has 34 heavy (non-hydrogen) atoms. The third-order valence-electron chi connectivity index (χ3n) is 5.06. The smallest absolute Gasteiger partial charge is 0.342 e. The van der Waals surface area contributed by atoms with E-state index >= 15 is 0 Å². The quantitative estimate of drug-likeness (QED) is 0.151. The van der Waals surface area contributed by atoms with Crippen LogP contribution < -0.4 is 9.99 Å². The molecule has 0 spiro atoms. The number of carbonyl (C=O) groups is 1. The maximum absolute atomic E-state index is 12.5. The number of halogens is 1. The number of para-hydroxylation sites is 1. The summed E-state index contributed by atoms with van der Waals surface area (Å²) in [6, 6.07) is 22.4. The molecule has 0 aliphatic rings. The zero-order valence-corrected chi connectivity index (χ0v) is 20.2. The maximum atomic E-state index is 12.5. The lowest BCUT2D eigenvalue weighted by atomic mass is 10.1. The van der Waals surface area contributed by atoms with Gasteiger partial charge in [0.25, 0.3) is 11.7 Å². The summed E-state index contributed by atoms with van der Waals surface area (Å²) in [5, 5.41) is 22.9. The number of benzene rings is 3. The Hall–Kier alpha value is -3.62. The van der Waals surface area contributed by atoms with Crippen molar-refractivity contribution < 1.29 is 14.5 Å². The fourth-order valence-corrected chi connectivity index (χ4v) is 4.16. The third kappa shape index (κ3) is 5.47. The molecule has 7 nitrogen and oxygen atoms in total. The van der Waals surface area contributed by atoms with Crippen molar-refractivity contribution in [2.24, 2.45) is 5.10 Å². The van der Waals surface area contributed by atoms with Gasteiger partial charge in [0.05, 0.1) is 22.1 Å². The van der Waals surface area contributed by atoms with E-state index < -0.39 is 0 Å². The molecule has 4 rings (SSSR count). The average molecular weight is 493 g/mol. The monoisotopic (exact) mass is 492 g/mol. The molecule has 0 saturated carbocycles. The van der Waals surface area contributed by atoms with Crippen molar-refractivity contribution in [3.8, 4) is 22.8 Å². The minimum Gasteiger partial charge on any atom is -0.507 e. The first-order valence-electron chi connectivity index (χ1n) is 10.5. The van der Waals surface area contributed by atoms with Crippen LogP contribution in [0.5, 0.6) is 5.75 Å². The van der Waals surface area contributed by atoms with Gasteiger partial charge in [-0.3, -0.25) is 4.79 Å². The number of aromatic amines is 1. The molecule has 0 radical (unpaired) electrons. The van der Waals surface area contributed by atoms with Gasteiger partial charge in [-0.15, -0.1) is 5.10 Å². The average Bonchev–Trinajstić information content (AvgIpc) is 3.26. The molecule has 172 valence electrons. The van der Waals surface area contributed by atoms with Crippen LogP contribution >= 0.6 is 23.4 Å². The van der Waals surface area contributed by atoms with E-state index in [4.69, 9.17) is 11.6 Å². The molecule has 0 fully saturated rings. The van der Waals surface area contributed by atoms with Crippen LogP contribution in [-0.4, -0.2) is 32.7 Å². The number of rotatable bonds is 7. The Morgan fingerprint density at radius 2 is 1.82 bits per heavy atom. The highest BCUT2D eigenvalue weighted by atomic mass is 35.5. The number of hydrogen-bond donors (Lipinski definition) is 3. The number of hydrazone groups is 1. The standard InChI is InChI=1S/C25H22ClN5O2S/c1-16-7-13-20(14-8-16)31-24(18-9-11-19(26)12-10-18)29-30-25(31)34-15-23(33)28-27-17(2)21-5-3-4-6-22(21)32/h3-14H,15H2,1-2H3,(H2,27,28,32,33)/p+1. The number of aromatic nitrogens is 3. The van der Waals surface area contributed by atoms with Crippen LogP contribution in [0.4, 0.5) is 0 Å². The molecular weight excluding hydrogens is 470 g/mol. The summed E-state index contributed by atoms with van der Waals surface area (Å²) >= 11 is 7.34. The Morgan fingerprint density at radius 1 is 1.12 bits per heavy atom. The minimum absolute atomic E-state index is 0.105. The molecule has 1 heterocycles. The Kier molecular flexibility index (Phi) is 7.30. The molecule has 0 atom stereocenters. The van der Waals surface area contributed by atoms with Gasteiger partial charge >= 0.3 is 5.16 Å². The highest BCUT2D eigenvalue weighted by Crippen LogP contribution is 2.22. The number of aromatic hydroxyl groups is 1. The Balaban J connectivity index is 1.54. The number of phenols is 1. The summed E-state index contributed by atoms with van der Waals surface area (Å²) in [5.41, 5.74) is 6.59. The van der Waals surface area contributed by atoms with Gasteiger partial charge in [0.1, 0.15) is 11.4 Å². The number of amides is 1.